The van der Waals surface area contributed by atoms with Gasteiger partial charge in [-0.1, -0.05) is 60.1 Å². The number of aryl methyl sites for hydroxylation is 1. The first-order valence-corrected chi connectivity index (χ1v) is 9.25. The summed E-state index contributed by atoms with van der Waals surface area (Å²) >= 11 is 3.62. The highest BCUT2D eigenvalue weighted by Gasteiger charge is 2.45. The van der Waals surface area contributed by atoms with Crippen molar-refractivity contribution in [3.05, 3.63) is 46.5 Å². The second kappa shape index (κ2) is 7.65. The van der Waals surface area contributed by atoms with E-state index in [4.69, 9.17) is 4.74 Å². The van der Waals surface area contributed by atoms with Gasteiger partial charge in [0.25, 0.3) is 0 Å². The van der Waals surface area contributed by atoms with E-state index in [9.17, 15) is 4.79 Å². The van der Waals surface area contributed by atoms with Gasteiger partial charge >= 0.3 is 5.97 Å². The van der Waals surface area contributed by atoms with Crippen LogP contribution in [0.1, 0.15) is 45.6 Å². The standard InChI is InChI=1S/C20H27BrO2/c1-5-23-19(22)17-12-10-14(2)16(20(17,3)4)13-11-15-8-6-7-9-18(15)21/h6-9,16-17H,2,5,10-13H2,1,3-4H3. The average Bonchev–Trinajstić information content (AvgIpc) is 2.48. The lowest BCUT2D eigenvalue weighted by atomic mass is 9.59. The number of carbonyl (C=O) groups excluding carboxylic acids is 1. The number of halogens is 1. The van der Waals surface area contributed by atoms with Crippen molar-refractivity contribution in [3.8, 4) is 0 Å². The molecule has 2 unspecified atom stereocenters. The molecule has 0 aromatic heterocycles. The number of ether oxygens (including phenoxy) is 1. The van der Waals surface area contributed by atoms with E-state index in [-0.39, 0.29) is 17.3 Å². The van der Waals surface area contributed by atoms with Crippen LogP contribution in [-0.2, 0) is 16.0 Å². The van der Waals surface area contributed by atoms with Crippen molar-refractivity contribution in [2.45, 2.75) is 46.5 Å². The first-order valence-electron chi connectivity index (χ1n) is 8.45. The Morgan fingerprint density at radius 3 is 2.74 bits per heavy atom. The van der Waals surface area contributed by atoms with E-state index in [1.165, 1.54) is 11.1 Å². The predicted octanol–water partition coefficient (Wildman–Crippen LogP) is 5.55. The fourth-order valence-electron chi connectivity index (χ4n) is 3.89. The SMILES string of the molecule is C=C1CCC(C(=O)OCC)C(C)(C)C1CCc1ccccc1Br. The molecule has 23 heavy (non-hydrogen) atoms. The Kier molecular flexibility index (Phi) is 6.07. The molecule has 126 valence electrons. The molecule has 0 radical (unpaired) electrons. The molecule has 0 heterocycles. The van der Waals surface area contributed by atoms with Gasteiger partial charge in [-0.05, 0) is 55.6 Å². The molecular formula is C20H27BrO2. The van der Waals surface area contributed by atoms with Crippen molar-refractivity contribution in [1.82, 2.24) is 0 Å². The van der Waals surface area contributed by atoms with Crippen molar-refractivity contribution in [1.29, 1.82) is 0 Å². The molecule has 1 aliphatic rings. The maximum atomic E-state index is 12.3. The van der Waals surface area contributed by atoms with Gasteiger partial charge < -0.3 is 4.74 Å². The van der Waals surface area contributed by atoms with Crippen LogP contribution in [0, 0.1) is 17.3 Å². The van der Waals surface area contributed by atoms with Gasteiger partial charge in [-0.3, -0.25) is 4.79 Å². The van der Waals surface area contributed by atoms with Crippen molar-refractivity contribution < 1.29 is 9.53 Å². The summed E-state index contributed by atoms with van der Waals surface area (Å²) in [6, 6.07) is 8.35. The number of hydrogen-bond donors (Lipinski definition) is 0. The van der Waals surface area contributed by atoms with E-state index in [1.807, 2.05) is 13.0 Å². The van der Waals surface area contributed by atoms with Crippen LogP contribution in [-0.4, -0.2) is 12.6 Å². The third-order valence-electron chi connectivity index (χ3n) is 5.27. The van der Waals surface area contributed by atoms with Crippen LogP contribution in [0.3, 0.4) is 0 Å². The zero-order chi connectivity index (χ0) is 17.0. The smallest absolute Gasteiger partial charge is 0.309 e. The van der Waals surface area contributed by atoms with Crippen molar-refractivity contribution in [3.63, 3.8) is 0 Å². The summed E-state index contributed by atoms with van der Waals surface area (Å²) in [4.78, 5) is 12.3. The fraction of sp³-hybridized carbons (Fsp3) is 0.550. The molecule has 1 aromatic rings. The monoisotopic (exact) mass is 378 g/mol. The van der Waals surface area contributed by atoms with Crippen LogP contribution in [0.4, 0.5) is 0 Å². The van der Waals surface area contributed by atoms with Gasteiger partial charge in [-0.15, -0.1) is 0 Å². The highest BCUT2D eigenvalue weighted by atomic mass is 79.9. The fourth-order valence-corrected chi connectivity index (χ4v) is 4.37. The Bertz CT molecular complexity index is 577. The Morgan fingerprint density at radius 1 is 1.39 bits per heavy atom. The highest BCUT2D eigenvalue weighted by molar-refractivity contribution is 9.10. The molecule has 0 N–H and O–H groups in total. The van der Waals surface area contributed by atoms with Gasteiger partial charge in [0.2, 0.25) is 0 Å². The number of benzene rings is 1. The molecule has 2 nitrogen and oxygen atoms in total. The summed E-state index contributed by atoms with van der Waals surface area (Å²) in [5.74, 6) is 0.269. The van der Waals surface area contributed by atoms with Gasteiger partial charge in [0.15, 0.2) is 0 Å². The van der Waals surface area contributed by atoms with Gasteiger partial charge in [-0.2, -0.15) is 0 Å². The summed E-state index contributed by atoms with van der Waals surface area (Å²) in [6.45, 7) is 11.0. The van der Waals surface area contributed by atoms with Gasteiger partial charge in [0.05, 0.1) is 12.5 Å². The molecule has 2 atom stereocenters. The number of rotatable bonds is 5. The third-order valence-corrected chi connectivity index (χ3v) is 6.05. The minimum atomic E-state index is -0.108. The minimum absolute atomic E-state index is 0.0304. The van der Waals surface area contributed by atoms with E-state index in [2.05, 4.69) is 54.6 Å². The topological polar surface area (TPSA) is 26.3 Å². The van der Waals surface area contributed by atoms with E-state index in [0.717, 1.165) is 30.2 Å². The Hall–Kier alpha value is -1.09. The summed E-state index contributed by atoms with van der Waals surface area (Å²) in [7, 11) is 0. The maximum absolute atomic E-state index is 12.3. The lowest BCUT2D eigenvalue weighted by Crippen LogP contribution is -2.42. The van der Waals surface area contributed by atoms with Crippen LogP contribution in [0.25, 0.3) is 0 Å². The minimum Gasteiger partial charge on any atom is -0.466 e. The van der Waals surface area contributed by atoms with Gasteiger partial charge in [-0.25, -0.2) is 0 Å². The summed E-state index contributed by atoms with van der Waals surface area (Å²) in [6.07, 6.45) is 3.79. The van der Waals surface area contributed by atoms with Crippen molar-refractivity contribution in [2.24, 2.45) is 17.3 Å². The molecule has 1 saturated carbocycles. The lowest BCUT2D eigenvalue weighted by molar-refractivity contribution is -0.155. The normalized spacial score (nSPS) is 23.6. The Labute approximate surface area is 148 Å². The van der Waals surface area contributed by atoms with Gasteiger partial charge in [0, 0.05) is 4.47 Å². The van der Waals surface area contributed by atoms with Crippen molar-refractivity contribution in [2.75, 3.05) is 6.61 Å². The van der Waals surface area contributed by atoms with E-state index in [0.29, 0.717) is 12.5 Å². The molecule has 1 aromatic carbocycles. The Balaban J connectivity index is 2.13. The van der Waals surface area contributed by atoms with E-state index >= 15 is 0 Å². The molecule has 0 saturated heterocycles. The quantitative estimate of drug-likeness (QED) is 0.495. The molecule has 0 spiro atoms. The molecule has 0 amide bonds. The van der Waals surface area contributed by atoms with Crippen LogP contribution in [0.5, 0.6) is 0 Å². The zero-order valence-electron chi connectivity index (χ0n) is 14.4. The van der Waals surface area contributed by atoms with Crippen LogP contribution >= 0.6 is 15.9 Å². The number of esters is 1. The molecular weight excluding hydrogens is 352 g/mol. The Morgan fingerprint density at radius 2 is 2.09 bits per heavy atom. The summed E-state index contributed by atoms with van der Waals surface area (Å²) in [5, 5.41) is 0. The second-order valence-corrected chi connectivity index (χ2v) is 7.86. The molecule has 3 heteroatoms. The number of allylic oxidation sites excluding steroid dienone is 1. The second-order valence-electron chi connectivity index (χ2n) is 7.01. The first kappa shape index (κ1) is 18.3. The van der Waals surface area contributed by atoms with E-state index < -0.39 is 0 Å². The van der Waals surface area contributed by atoms with Gasteiger partial charge in [0.1, 0.15) is 0 Å². The molecule has 1 fully saturated rings. The molecule has 0 bridgehead atoms. The van der Waals surface area contributed by atoms with Crippen LogP contribution in [0.2, 0.25) is 0 Å². The summed E-state index contributed by atoms with van der Waals surface area (Å²) in [5.41, 5.74) is 2.49. The lowest BCUT2D eigenvalue weighted by Gasteiger charge is -2.45. The molecule has 1 aliphatic carbocycles. The van der Waals surface area contributed by atoms with Crippen LogP contribution < -0.4 is 0 Å². The predicted molar refractivity (Wildman–Crippen MR) is 98.2 cm³/mol. The molecule has 2 rings (SSSR count). The zero-order valence-corrected chi connectivity index (χ0v) is 16.0. The molecule has 0 aliphatic heterocycles. The first-order chi connectivity index (χ1) is 10.9. The average molecular weight is 379 g/mol. The largest absolute Gasteiger partial charge is 0.466 e. The highest BCUT2D eigenvalue weighted by Crippen LogP contribution is 2.49. The van der Waals surface area contributed by atoms with Crippen molar-refractivity contribution >= 4 is 21.9 Å². The number of carbonyl (C=O) groups is 1. The third kappa shape index (κ3) is 4.06. The summed E-state index contributed by atoms with van der Waals surface area (Å²) < 4.78 is 6.46. The maximum Gasteiger partial charge on any atom is 0.309 e. The number of hydrogen-bond acceptors (Lipinski definition) is 2. The van der Waals surface area contributed by atoms with Crippen LogP contribution in [0.15, 0.2) is 40.9 Å². The van der Waals surface area contributed by atoms with E-state index in [1.54, 1.807) is 0 Å².